The summed E-state index contributed by atoms with van der Waals surface area (Å²) in [7, 11) is 5.85. The van der Waals surface area contributed by atoms with E-state index in [9.17, 15) is 19.2 Å². The topological polar surface area (TPSA) is 101 Å². The van der Waals surface area contributed by atoms with Crippen LogP contribution in [0, 0.1) is 0 Å². The molecule has 0 aliphatic carbocycles. The molecule has 10 heteroatoms. The largest absolute Gasteiger partial charge is 0.481 e. The van der Waals surface area contributed by atoms with Gasteiger partial charge < -0.3 is 10.4 Å². The maximum atomic E-state index is 13.4. The van der Waals surface area contributed by atoms with Crippen molar-refractivity contribution < 1.29 is 24.3 Å². The van der Waals surface area contributed by atoms with E-state index in [1.807, 2.05) is 0 Å². The molecule has 172 valence electrons. The van der Waals surface area contributed by atoms with Gasteiger partial charge in [-0.2, -0.15) is 0 Å². The first-order valence-electron chi connectivity index (χ1n) is 10.1. The van der Waals surface area contributed by atoms with Crippen molar-refractivity contribution in [1.29, 1.82) is 0 Å². The van der Waals surface area contributed by atoms with Crippen molar-refractivity contribution in [2.45, 2.75) is 18.8 Å². The van der Waals surface area contributed by atoms with E-state index >= 15 is 0 Å². The number of carbonyl (C=O) groups is 4. The van der Waals surface area contributed by atoms with Crippen molar-refractivity contribution in [3.8, 4) is 0 Å². The fourth-order valence-electron chi connectivity index (χ4n) is 3.22. The normalized spacial score (nSPS) is 11.6. The fourth-order valence-corrected chi connectivity index (χ4v) is 4.42. The molecule has 34 heavy (non-hydrogen) atoms. The Bertz CT molecular complexity index is 1240. The summed E-state index contributed by atoms with van der Waals surface area (Å²) in [6.07, 6.45) is -0.297. The van der Waals surface area contributed by atoms with Gasteiger partial charge in [0.05, 0.1) is 22.4 Å². The minimum Gasteiger partial charge on any atom is -0.481 e. The van der Waals surface area contributed by atoms with E-state index in [4.69, 9.17) is 36.2 Å². The molecule has 2 N–H and O–H groups in total. The molecule has 1 atom stereocenters. The van der Waals surface area contributed by atoms with Crippen molar-refractivity contribution in [1.82, 2.24) is 5.32 Å². The molecule has 0 saturated heterocycles. The highest BCUT2D eigenvalue weighted by Crippen LogP contribution is 2.30. The lowest BCUT2D eigenvalue weighted by Crippen LogP contribution is -2.26. The summed E-state index contributed by atoms with van der Waals surface area (Å²) in [5, 5.41) is 13.4. The van der Waals surface area contributed by atoms with Crippen LogP contribution < -0.4 is 10.8 Å². The second kappa shape index (κ2) is 11.5. The number of carboxylic acids is 1. The van der Waals surface area contributed by atoms with Gasteiger partial charge in [-0.25, -0.2) is 0 Å². The van der Waals surface area contributed by atoms with Gasteiger partial charge in [0.25, 0.3) is 5.91 Å². The molecule has 1 aromatic heterocycles. The van der Waals surface area contributed by atoms with Gasteiger partial charge in [-0.1, -0.05) is 46.9 Å². The Labute approximate surface area is 211 Å². The molecule has 0 aliphatic rings. The highest BCUT2D eigenvalue weighted by Gasteiger charge is 2.27. The van der Waals surface area contributed by atoms with Crippen molar-refractivity contribution in [3.05, 3.63) is 85.5 Å². The highest BCUT2D eigenvalue weighted by atomic mass is 35.5. The summed E-state index contributed by atoms with van der Waals surface area (Å²) < 4.78 is 0. The number of thiophene rings is 1. The molecule has 0 bridgehead atoms. The molecule has 0 fully saturated rings. The Kier molecular flexibility index (Phi) is 8.66. The summed E-state index contributed by atoms with van der Waals surface area (Å²) in [5.41, 5.74) is 1.44. The van der Waals surface area contributed by atoms with Gasteiger partial charge in [0.15, 0.2) is 11.6 Å². The van der Waals surface area contributed by atoms with E-state index in [1.54, 1.807) is 17.5 Å². The summed E-state index contributed by atoms with van der Waals surface area (Å²) in [5.74, 6) is -2.82. The number of ketones is 2. The number of benzene rings is 2. The molecule has 1 unspecified atom stereocenters. The Morgan fingerprint density at radius 3 is 2.18 bits per heavy atom. The fraction of sp³-hybridized carbons (Fsp3) is 0.167. The molecule has 0 spiro atoms. The number of halogens is 2. The summed E-state index contributed by atoms with van der Waals surface area (Å²) in [4.78, 5) is 49.7. The monoisotopic (exact) mass is 513 g/mol. The second-order valence-electron chi connectivity index (χ2n) is 7.43. The zero-order chi connectivity index (χ0) is 24.8. The van der Waals surface area contributed by atoms with Crippen LogP contribution in [0.15, 0.2) is 53.9 Å². The Hall–Kier alpha value is -2.94. The van der Waals surface area contributed by atoms with E-state index in [-0.39, 0.29) is 41.5 Å². The molecule has 2 radical (unpaired) electrons. The number of carboxylic acid groups (broad SMARTS) is 1. The second-order valence-corrected chi connectivity index (χ2v) is 9.19. The highest BCUT2D eigenvalue weighted by molar-refractivity contribution is 7.11. The molecule has 6 nitrogen and oxygen atoms in total. The lowest BCUT2D eigenvalue weighted by Gasteiger charge is -2.15. The molecule has 1 heterocycles. The maximum absolute atomic E-state index is 13.4. The summed E-state index contributed by atoms with van der Waals surface area (Å²) in [6, 6.07) is 12.2. The average Bonchev–Trinajstić information content (AvgIpc) is 3.24. The minimum atomic E-state index is -1.02. The summed E-state index contributed by atoms with van der Waals surface area (Å²) in [6.45, 7) is -0.00640. The lowest BCUT2D eigenvalue weighted by molar-refractivity contribution is -0.136. The van der Waals surface area contributed by atoms with Crippen LogP contribution in [0.25, 0.3) is 0 Å². The number of hydrogen-bond acceptors (Lipinski definition) is 5. The molecule has 2 aromatic carbocycles. The SMILES string of the molecule is [B]c1csc(C(CC(=O)c2ccc(Cl)c(Cl)c2)C(=O)c2ccc(C(=O)NCCC(=O)O)cc2)c1. The third-order valence-electron chi connectivity index (χ3n) is 4.99. The predicted molar refractivity (Wildman–Crippen MR) is 133 cm³/mol. The third-order valence-corrected chi connectivity index (χ3v) is 6.79. The Morgan fingerprint density at radius 1 is 0.941 bits per heavy atom. The van der Waals surface area contributed by atoms with E-state index in [1.165, 1.54) is 47.7 Å². The van der Waals surface area contributed by atoms with Gasteiger partial charge in [0, 0.05) is 34.5 Å². The molecule has 0 aliphatic heterocycles. The van der Waals surface area contributed by atoms with Crippen LogP contribution in [0.1, 0.15) is 54.7 Å². The zero-order valence-electron chi connectivity index (χ0n) is 17.7. The van der Waals surface area contributed by atoms with Crippen LogP contribution in [0.3, 0.4) is 0 Å². The maximum Gasteiger partial charge on any atom is 0.305 e. The van der Waals surface area contributed by atoms with Crippen molar-refractivity contribution in [3.63, 3.8) is 0 Å². The van der Waals surface area contributed by atoms with Crippen LogP contribution in [-0.4, -0.2) is 42.9 Å². The smallest absolute Gasteiger partial charge is 0.305 e. The van der Waals surface area contributed by atoms with E-state index < -0.39 is 17.8 Å². The van der Waals surface area contributed by atoms with Gasteiger partial charge in [-0.05, 0) is 35.7 Å². The first-order valence-corrected chi connectivity index (χ1v) is 11.8. The number of amides is 1. The van der Waals surface area contributed by atoms with Crippen LogP contribution in [-0.2, 0) is 4.79 Å². The average molecular weight is 514 g/mol. The number of carbonyl (C=O) groups excluding carboxylic acids is 3. The van der Waals surface area contributed by atoms with E-state index in [2.05, 4.69) is 5.32 Å². The zero-order valence-corrected chi connectivity index (χ0v) is 20.0. The van der Waals surface area contributed by atoms with Crippen molar-refractivity contribution in [2.75, 3.05) is 6.54 Å². The number of hydrogen-bond donors (Lipinski definition) is 2. The molecular formula is C24H18BCl2NO5S. The van der Waals surface area contributed by atoms with Crippen LogP contribution in [0.2, 0.25) is 10.0 Å². The van der Waals surface area contributed by atoms with E-state index in [0.717, 1.165) is 0 Å². The first-order chi connectivity index (χ1) is 16.2. The first kappa shape index (κ1) is 25.7. The number of aliphatic carboxylic acids is 1. The minimum absolute atomic E-state index is 0.00640. The third kappa shape index (κ3) is 6.56. The van der Waals surface area contributed by atoms with Crippen LogP contribution in [0.4, 0.5) is 0 Å². The quantitative estimate of drug-likeness (QED) is 0.311. The number of rotatable bonds is 10. The molecule has 0 saturated carbocycles. The van der Waals surface area contributed by atoms with Gasteiger partial charge in [0.1, 0.15) is 7.85 Å². The van der Waals surface area contributed by atoms with Crippen molar-refractivity contribution >= 4 is 71.3 Å². The molecular weight excluding hydrogens is 496 g/mol. The van der Waals surface area contributed by atoms with E-state index in [0.29, 0.717) is 26.5 Å². The van der Waals surface area contributed by atoms with Crippen molar-refractivity contribution in [2.24, 2.45) is 0 Å². The molecule has 3 aromatic rings. The predicted octanol–water partition coefficient (Wildman–Crippen LogP) is 4.29. The molecule has 1 amide bonds. The van der Waals surface area contributed by atoms with Crippen LogP contribution in [0.5, 0.6) is 0 Å². The Balaban J connectivity index is 1.80. The molecule has 3 rings (SSSR count). The van der Waals surface area contributed by atoms with Gasteiger partial charge in [-0.3, -0.25) is 19.2 Å². The standard InChI is InChI=1S/C24H18BCl2NO5S/c25-16-10-21(34-12-16)17(11-20(29)15-5-6-18(26)19(27)9-15)23(32)13-1-3-14(4-2-13)24(33)28-8-7-22(30)31/h1-6,9-10,12,17H,7-8,11H2,(H,28,33)(H,30,31). The van der Waals surface area contributed by atoms with Gasteiger partial charge >= 0.3 is 5.97 Å². The van der Waals surface area contributed by atoms with Gasteiger partial charge in [-0.15, -0.1) is 11.3 Å². The summed E-state index contributed by atoms with van der Waals surface area (Å²) >= 11 is 13.3. The Morgan fingerprint density at radius 2 is 1.59 bits per heavy atom. The number of Topliss-reactive ketones (excluding diaryl/α,β-unsaturated/α-hetero) is 2. The van der Waals surface area contributed by atoms with Crippen LogP contribution >= 0.6 is 34.5 Å². The van der Waals surface area contributed by atoms with Gasteiger partial charge in [0.2, 0.25) is 0 Å². The lowest BCUT2D eigenvalue weighted by atomic mass is 9.88. The number of nitrogens with one attached hydrogen (secondary N) is 1.